The monoisotopic (exact) mass is 494 g/mol. The molecule has 0 atom stereocenters. The van der Waals surface area contributed by atoms with Gasteiger partial charge >= 0.3 is 6.18 Å². The number of carbonyl (C=O) groups excluding carboxylic acids is 1. The Bertz CT molecular complexity index is 1220. The summed E-state index contributed by atoms with van der Waals surface area (Å²) in [6, 6.07) is 15.5. The number of para-hydroxylation sites is 2. The molecule has 3 aromatic carbocycles. The van der Waals surface area contributed by atoms with Crippen molar-refractivity contribution in [3.8, 4) is 0 Å². The van der Waals surface area contributed by atoms with Gasteiger partial charge < -0.3 is 5.32 Å². The van der Waals surface area contributed by atoms with E-state index in [0.717, 1.165) is 6.07 Å². The highest BCUT2D eigenvalue weighted by Gasteiger charge is 2.34. The molecule has 11 heteroatoms. The van der Waals surface area contributed by atoms with Crippen LogP contribution >= 0.6 is 12.2 Å². The van der Waals surface area contributed by atoms with E-state index >= 15 is 4.39 Å². The molecule has 0 heterocycles. The molecule has 5 nitrogen and oxygen atoms in total. The maximum Gasteiger partial charge on any atom is 0.418 e. The number of anilines is 3. The Kier molecular flexibility index (Phi) is 7.48. The average Bonchev–Trinajstić information content (AvgIpc) is 2.77. The highest BCUT2D eigenvalue weighted by atomic mass is 32.1. The molecule has 0 fully saturated rings. The number of hydrazine groups is 1. The molecule has 0 spiro atoms. The molecular formula is C23H19F5N4OS. The summed E-state index contributed by atoms with van der Waals surface area (Å²) < 4.78 is 68.9. The first-order valence-electron chi connectivity index (χ1n) is 9.84. The third-order valence-corrected chi connectivity index (χ3v) is 5.20. The summed E-state index contributed by atoms with van der Waals surface area (Å²) in [7, 11) is 0. The number of nitrogens with one attached hydrogen (secondary N) is 1. The van der Waals surface area contributed by atoms with Gasteiger partial charge in [0.2, 0.25) is 0 Å². The third-order valence-electron chi connectivity index (χ3n) is 4.91. The Balaban J connectivity index is 2.10. The molecule has 0 bridgehead atoms. The number of hydrogen-bond acceptors (Lipinski definition) is 3. The van der Waals surface area contributed by atoms with Crippen LogP contribution in [-0.2, 0) is 17.4 Å². The number of alkyl halides is 3. The van der Waals surface area contributed by atoms with Crippen LogP contribution in [0.2, 0.25) is 0 Å². The molecule has 1 amide bonds. The number of thiocarbonyl (C=S) groups is 1. The van der Waals surface area contributed by atoms with E-state index < -0.39 is 35.1 Å². The van der Waals surface area contributed by atoms with E-state index in [1.807, 2.05) is 0 Å². The average molecular weight is 494 g/mol. The van der Waals surface area contributed by atoms with Crippen LogP contribution in [0.4, 0.5) is 39.1 Å². The highest BCUT2D eigenvalue weighted by molar-refractivity contribution is 7.80. The number of halogens is 5. The van der Waals surface area contributed by atoms with E-state index in [4.69, 9.17) is 18.1 Å². The fraction of sp³-hybridized carbons (Fsp3) is 0.130. The van der Waals surface area contributed by atoms with Gasteiger partial charge in [-0.25, -0.2) is 10.2 Å². The van der Waals surface area contributed by atoms with Crippen molar-refractivity contribution < 1.29 is 26.8 Å². The van der Waals surface area contributed by atoms with E-state index in [2.05, 4.69) is 5.32 Å². The van der Waals surface area contributed by atoms with Crippen LogP contribution in [0.1, 0.15) is 16.7 Å². The van der Waals surface area contributed by atoms with E-state index in [-0.39, 0.29) is 22.1 Å². The van der Waals surface area contributed by atoms with Gasteiger partial charge in [-0.05, 0) is 54.5 Å². The third kappa shape index (κ3) is 5.49. The molecule has 0 aliphatic carbocycles. The summed E-state index contributed by atoms with van der Waals surface area (Å²) in [5.74, 6) is 2.70. The topological polar surface area (TPSA) is 61.6 Å². The van der Waals surface area contributed by atoms with Gasteiger partial charge in [-0.3, -0.25) is 9.69 Å². The van der Waals surface area contributed by atoms with E-state index in [9.17, 15) is 22.4 Å². The molecule has 0 saturated heterocycles. The first kappa shape index (κ1) is 25.1. The number of amides is 1. The Morgan fingerprint density at radius 2 is 1.62 bits per heavy atom. The van der Waals surface area contributed by atoms with Crippen LogP contribution < -0.4 is 16.1 Å². The van der Waals surface area contributed by atoms with Gasteiger partial charge in [0.15, 0.2) is 10.9 Å². The summed E-state index contributed by atoms with van der Waals surface area (Å²) in [5, 5.41) is 1.66. The lowest BCUT2D eigenvalue weighted by Gasteiger charge is -2.29. The van der Waals surface area contributed by atoms with E-state index in [0.29, 0.717) is 11.3 Å². The number of hydrogen-bond donors (Lipinski definition) is 2. The normalized spacial score (nSPS) is 11.1. The molecule has 0 aliphatic heterocycles. The van der Waals surface area contributed by atoms with Crippen LogP contribution in [0.25, 0.3) is 0 Å². The van der Waals surface area contributed by atoms with Crippen molar-refractivity contribution in [2.45, 2.75) is 19.5 Å². The Hall–Kier alpha value is -3.57. The molecule has 0 saturated carbocycles. The molecule has 0 aromatic heterocycles. The van der Waals surface area contributed by atoms with Gasteiger partial charge in [0, 0.05) is 0 Å². The molecule has 0 radical (unpaired) electrons. The largest absolute Gasteiger partial charge is 0.418 e. The molecule has 0 unspecified atom stereocenters. The zero-order valence-electron chi connectivity index (χ0n) is 17.7. The zero-order valence-corrected chi connectivity index (χ0v) is 18.6. The van der Waals surface area contributed by atoms with Crippen LogP contribution in [-0.4, -0.2) is 16.3 Å². The maximum absolute atomic E-state index is 15.5. The SMILES string of the molecule is Cc1ccccc1N(C(=S)Nc1ccccc1C(F)(F)F)c1cccc(CC(=O)N(N)F)c1F. The van der Waals surface area contributed by atoms with E-state index in [1.165, 1.54) is 41.3 Å². The zero-order chi connectivity index (χ0) is 25.0. The van der Waals surface area contributed by atoms with E-state index in [1.54, 1.807) is 31.2 Å². The highest BCUT2D eigenvalue weighted by Crippen LogP contribution is 2.37. The molecule has 3 rings (SSSR count). The van der Waals surface area contributed by atoms with Crippen LogP contribution in [0.3, 0.4) is 0 Å². The number of nitrogens with zero attached hydrogens (tertiary/aromatic N) is 2. The Morgan fingerprint density at radius 3 is 2.26 bits per heavy atom. The van der Waals surface area contributed by atoms with Crippen molar-refractivity contribution in [1.82, 2.24) is 5.23 Å². The number of aryl methyl sites for hydroxylation is 1. The molecule has 0 aliphatic rings. The second kappa shape index (κ2) is 10.1. The molecular weight excluding hydrogens is 475 g/mol. The fourth-order valence-corrected chi connectivity index (χ4v) is 3.59. The van der Waals surface area contributed by atoms with Crippen molar-refractivity contribution in [2.75, 3.05) is 10.2 Å². The van der Waals surface area contributed by atoms with Crippen molar-refractivity contribution in [1.29, 1.82) is 0 Å². The van der Waals surface area contributed by atoms with Crippen LogP contribution in [0.5, 0.6) is 0 Å². The summed E-state index contributed by atoms with van der Waals surface area (Å²) in [4.78, 5) is 12.9. The van der Waals surface area contributed by atoms with Gasteiger partial charge in [0.25, 0.3) is 5.91 Å². The van der Waals surface area contributed by atoms with Crippen molar-refractivity contribution >= 4 is 40.3 Å². The van der Waals surface area contributed by atoms with Gasteiger partial charge in [0.1, 0.15) is 0 Å². The minimum Gasteiger partial charge on any atom is -0.331 e. The summed E-state index contributed by atoms with van der Waals surface area (Å²) in [6.07, 6.45) is -5.33. The first-order chi connectivity index (χ1) is 16.0. The lowest BCUT2D eigenvalue weighted by molar-refractivity contribution is -0.146. The lowest BCUT2D eigenvalue weighted by atomic mass is 10.1. The minimum atomic E-state index is -4.65. The summed E-state index contributed by atoms with van der Waals surface area (Å²) in [5.41, 5.74) is -0.558. The molecule has 3 N–H and O–H groups in total. The van der Waals surface area contributed by atoms with Crippen molar-refractivity contribution in [3.05, 3.63) is 89.2 Å². The second-order valence-electron chi connectivity index (χ2n) is 7.23. The predicted molar refractivity (Wildman–Crippen MR) is 123 cm³/mol. The van der Waals surface area contributed by atoms with Crippen molar-refractivity contribution in [3.63, 3.8) is 0 Å². The van der Waals surface area contributed by atoms with Crippen molar-refractivity contribution in [2.24, 2.45) is 5.84 Å². The van der Waals surface area contributed by atoms with Gasteiger partial charge in [-0.1, -0.05) is 46.9 Å². The Morgan fingerprint density at radius 1 is 1.00 bits per heavy atom. The summed E-state index contributed by atoms with van der Waals surface area (Å²) >= 11 is 5.42. The molecule has 178 valence electrons. The maximum atomic E-state index is 15.5. The first-order valence-corrected chi connectivity index (χ1v) is 10.2. The predicted octanol–water partition coefficient (Wildman–Crippen LogP) is 5.82. The fourth-order valence-electron chi connectivity index (χ4n) is 3.29. The number of carbonyl (C=O) groups is 1. The Labute approximate surface area is 197 Å². The standard InChI is InChI=1S/C23H19F5N4OS/c1-14-7-2-5-11-18(14)31(19-12-6-8-15(21(19)24)13-20(33)32(28)29)22(34)30-17-10-4-3-9-16(17)23(25,26)27/h2-12H,13,29H2,1H3,(H,30,34). The summed E-state index contributed by atoms with van der Waals surface area (Å²) in [6.45, 7) is 1.72. The van der Waals surface area contributed by atoms with Crippen LogP contribution in [0, 0.1) is 12.7 Å². The van der Waals surface area contributed by atoms with Gasteiger partial charge in [-0.2, -0.15) is 13.2 Å². The quantitative estimate of drug-likeness (QED) is 0.117. The number of rotatable bonds is 5. The lowest BCUT2D eigenvalue weighted by Crippen LogP contribution is -2.33. The van der Waals surface area contributed by atoms with Gasteiger partial charge in [0.05, 0.1) is 29.0 Å². The number of benzene rings is 3. The molecule has 3 aromatic rings. The molecule has 34 heavy (non-hydrogen) atoms. The second-order valence-corrected chi connectivity index (χ2v) is 7.61. The van der Waals surface area contributed by atoms with Crippen LogP contribution in [0.15, 0.2) is 66.7 Å². The minimum absolute atomic E-state index is 0.149. The smallest absolute Gasteiger partial charge is 0.331 e. The van der Waals surface area contributed by atoms with Gasteiger partial charge in [-0.15, -0.1) is 5.23 Å². The number of nitrogens with two attached hydrogens (primary N) is 1.